The molecule has 1 saturated carbocycles. The van der Waals surface area contributed by atoms with Crippen LogP contribution in [0.2, 0.25) is 0 Å². The molecule has 1 N–H and O–H groups in total. The second-order valence-electron chi connectivity index (χ2n) is 7.10. The van der Waals surface area contributed by atoms with Crippen LogP contribution in [0.25, 0.3) is 0 Å². The number of rotatable bonds is 6. The Morgan fingerprint density at radius 3 is 2.71 bits per heavy atom. The maximum Gasteiger partial charge on any atom is 0.237 e. The molecule has 0 aromatic heterocycles. The highest BCUT2D eigenvalue weighted by Crippen LogP contribution is 2.28. The van der Waals surface area contributed by atoms with Crippen LogP contribution in [0.15, 0.2) is 0 Å². The van der Waals surface area contributed by atoms with Crippen LogP contribution in [0.5, 0.6) is 0 Å². The third-order valence-electron chi connectivity index (χ3n) is 5.44. The molecule has 2 atom stereocenters. The Labute approximate surface area is 129 Å². The van der Waals surface area contributed by atoms with Crippen molar-refractivity contribution in [3.05, 3.63) is 0 Å². The number of hydrogen-bond acceptors (Lipinski definition) is 3. The highest BCUT2D eigenvalue weighted by atomic mass is 16.2. The van der Waals surface area contributed by atoms with E-state index in [1.54, 1.807) is 0 Å². The van der Waals surface area contributed by atoms with Gasteiger partial charge in [0.1, 0.15) is 0 Å². The number of piperidine rings is 1. The largest absolute Gasteiger partial charge is 0.339 e. The summed E-state index contributed by atoms with van der Waals surface area (Å²) in [4.78, 5) is 17.4. The van der Waals surface area contributed by atoms with Crippen LogP contribution >= 0.6 is 0 Å². The first-order valence-corrected chi connectivity index (χ1v) is 9.05. The van der Waals surface area contributed by atoms with Crippen molar-refractivity contribution in [3.63, 3.8) is 0 Å². The van der Waals surface area contributed by atoms with Crippen molar-refractivity contribution in [3.8, 4) is 0 Å². The van der Waals surface area contributed by atoms with Gasteiger partial charge in [-0.2, -0.15) is 0 Å². The van der Waals surface area contributed by atoms with Crippen molar-refractivity contribution < 1.29 is 4.79 Å². The average molecular weight is 293 g/mol. The van der Waals surface area contributed by atoms with Crippen LogP contribution < -0.4 is 5.32 Å². The highest BCUT2D eigenvalue weighted by molar-refractivity contribution is 5.78. The quantitative estimate of drug-likeness (QED) is 0.813. The predicted octanol–water partition coefficient (Wildman–Crippen LogP) is 1.99. The highest BCUT2D eigenvalue weighted by Gasteiger charge is 2.34. The van der Waals surface area contributed by atoms with Gasteiger partial charge in [-0.3, -0.25) is 9.69 Å². The molecule has 4 heteroatoms. The lowest BCUT2D eigenvalue weighted by Crippen LogP contribution is -2.50. The fourth-order valence-corrected chi connectivity index (χ4v) is 4.00. The molecule has 21 heavy (non-hydrogen) atoms. The minimum atomic E-state index is 0.381. The zero-order chi connectivity index (χ0) is 14.7. The molecule has 2 saturated heterocycles. The molecule has 1 aliphatic carbocycles. The van der Waals surface area contributed by atoms with E-state index < -0.39 is 0 Å². The van der Waals surface area contributed by atoms with E-state index in [1.807, 2.05) is 0 Å². The fourth-order valence-electron chi connectivity index (χ4n) is 4.00. The third-order valence-corrected chi connectivity index (χ3v) is 5.44. The lowest BCUT2D eigenvalue weighted by Gasteiger charge is -2.37. The van der Waals surface area contributed by atoms with Crippen LogP contribution in [0.3, 0.4) is 0 Å². The maximum atomic E-state index is 12.7. The van der Waals surface area contributed by atoms with E-state index >= 15 is 0 Å². The van der Waals surface area contributed by atoms with Crippen molar-refractivity contribution in [2.75, 3.05) is 26.2 Å². The number of carbonyl (C=O) groups is 1. The molecule has 0 aromatic carbocycles. The molecule has 2 unspecified atom stereocenters. The summed E-state index contributed by atoms with van der Waals surface area (Å²) < 4.78 is 0. The number of nitrogens with one attached hydrogen (secondary N) is 1. The molecule has 4 nitrogen and oxygen atoms in total. The van der Waals surface area contributed by atoms with Crippen molar-refractivity contribution in [1.29, 1.82) is 0 Å². The monoisotopic (exact) mass is 293 g/mol. The lowest BCUT2D eigenvalue weighted by molar-refractivity contribution is -0.136. The molecule has 2 aliphatic heterocycles. The first-order chi connectivity index (χ1) is 10.3. The smallest absolute Gasteiger partial charge is 0.237 e. The zero-order valence-corrected chi connectivity index (χ0v) is 13.5. The SMILES string of the molecule is CCC1CCCCN1C(=O)CN(CC1CCCN1)C1CC1. The summed E-state index contributed by atoms with van der Waals surface area (Å²) in [5, 5.41) is 3.58. The summed E-state index contributed by atoms with van der Waals surface area (Å²) in [6, 6.07) is 1.79. The minimum Gasteiger partial charge on any atom is -0.339 e. The first-order valence-electron chi connectivity index (χ1n) is 9.05. The average Bonchev–Trinajstić information content (AvgIpc) is 3.24. The van der Waals surface area contributed by atoms with Gasteiger partial charge in [0.25, 0.3) is 0 Å². The van der Waals surface area contributed by atoms with E-state index in [0.717, 1.165) is 26.1 Å². The van der Waals surface area contributed by atoms with E-state index in [1.165, 1.54) is 44.9 Å². The lowest BCUT2D eigenvalue weighted by atomic mass is 10.00. The van der Waals surface area contributed by atoms with Gasteiger partial charge in [0.15, 0.2) is 0 Å². The van der Waals surface area contributed by atoms with E-state index in [0.29, 0.717) is 30.6 Å². The third kappa shape index (κ3) is 3.98. The van der Waals surface area contributed by atoms with Gasteiger partial charge in [0.2, 0.25) is 5.91 Å². The molecule has 2 heterocycles. The number of hydrogen-bond donors (Lipinski definition) is 1. The fraction of sp³-hybridized carbons (Fsp3) is 0.941. The van der Waals surface area contributed by atoms with E-state index in [4.69, 9.17) is 0 Å². The zero-order valence-electron chi connectivity index (χ0n) is 13.5. The molecular formula is C17H31N3O. The number of amides is 1. The maximum absolute atomic E-state index is 12.7. The molecule has 3 fully saturated rings. The molecule has 0 bridgehead atoms. The number of likely N-dealkylation sites (tertiary alicyclic amines) is 1. The first kappa shape index (κ1) is 15.3. The molecule has 3 aliphatic rings. The van der Waals surface area contributed by atoms with Crippen LogP contribution in [0.4, 0.5) is 0 Å². The van der Waals surface area contributed by atoms with Crippen LogP contribution in [0, 0.1) is 0 Å². The Hall–Kier alpha value is -0.610. The summed E-state index contributed by atoms with van der Waals surface area (Å²) in [6.45, 7) is 6.08. The van der Waals surface area contributed by atoms with Crippen LogP contribution in [0.1, 0.15) is 58.3 Å². The van der Waals surface area contributed by atoms with E-state index in [9.17, 15) is 4.79 Å². The van der Waals surface area contributed by atoms with E-state index in [-0.39, 0.29) is 0 Å². The summed E-state index contributed by atoms with van der Waals surface area (Å²) in [6.07, 6.45) is 9.94. The molecule has 0 radical (unpaired) electrons. The van der Waals surface area contributed by atoms with Crippen molar-refractivity contribution in [2.24, 2.45) is 0 Å². The number of nitrogens with zero attached hydrogens (tertiary/aromatic N) is 2. The predicted molar refractivity (Wildman–Crippen MR) is 85.3 cm³/mol. The summed E-state index contributed by atoms with van der Waals surface area (Å²) in [7, 11) is 0. The summed E-state index contributed by atoms with van der Waals surface area (Å²) >= 11 is 0. The minimum absolute atomic E-state index is 0.381. The summed E-state index contributed by atoms with van der Waals surface area (Å²) in [5.74, 6) is 0.381. The molecular weight excluding hydrogens is 262 g/mol. The van der Waals surface area contributed by atoms with Gasteiger partial charge in [-0.15, -0.1) is 0 Å². The van der Waals surface area contributed by atoms with Crippen molar-refractivity contribution >= 4 is 5.91 Å². The summed E-state index contributed by atoms with van der Waals surface area (Å²) in [5.41, 5.74) is 0. The molecule has 0 spiro atoms. The topological polar surface area (TPSA) is 35.6 Å². The molecule has 1 amide bonds. The van der Waals surface area contributed by atoms with Gasteiger partial charge in [0, 0.05) is 31.2 Å². The standard InChI is InChI=1S/C17H31N3O/c1-2-15-7-3-4-11-20(15)17(21)13-19(16-8-9-16)12-14-6-5-10-18-14/h14-16,18H,2-13H2,1H3. The van der Waals surface area contributed by atoms with Crippen molar-refractivity contribution in [2.45, 2.75) is 76.4 Å². The van der Waals surface area contributed by atoms with Gasteiger partial charge in [-0.05, 0) is 57.9 Å². The molecule has 120 valence electrons. The van der Waals surface area contributed by atoms with Gasteiger partial charge in [-0.1, -0.05) is 6.92 Å². The van der Waals surface area contributed by atoms with Crippen molar-refractivity contribution in [1.82, 2.24) is 15.1 Å². The van der Waals surface area contributed by atoms with Gasteiger partial charge < -0.3 is 10.2 Å². The Morgan fingerprint density at radius 1 is 1.19 bits per heavy atom. The van der Waals surface area contributed by atoms with Gasteiger partial charge in [0.05, 0.1) is 6.54 Å². The Balaban J connectivity index is 1.55. The second kappa shape index (κ2) is 7.10. The second-order valence-corrected chi connectivity index (χ2v) is 7.10. The van der Waals surface area contributed by atoms with Crippen LogP contribution in [-0.4, -0.2) is 60.0 Å². The van der Waals surface area contributed by atoms with E-state index in [2.05, 4.69) is 22.0 Å². The normalized spacial score (nSPS) is 30.1. The van der Waals surface area contributed by atoms with Crippen LogP contribution in [-0.2, 0) is 4.79 Å². The Morgan fingerprint density at radius 2 is 2.05 bits per heavy atom. The van der Waals surface area contributed by atoms with Gasteiger partial charge >= 0.3 is 0 Å². The number of carbonyl (C=O) groups excluding carboxylic acids is 1. The Kier molecular flexibility index (Phi) is 5.17. The molecule has 0 aromatic rings. The molecule has 3 rings (SSSR count). The Bertz CT molecular complexity index is 350. The van der Waals surface area contributed by atoms with Gasteiger partial charge in [-0.25, -0.2) is 0 Å².